The van der Waals surface area contributed by atoms with Crippen molar-refractivity contribution in [3.05, 3.63) is 51.5 Å². The number of ether oxygens (including phenoxy) is 2. The van der Waals surface area contributed by atoms with Crippen LogP contribution in [-0.2, 0) is 14.4 Å². The van der Waals surface area contributed by atoms with Crippen molar-refractivity contribution in [2.45, 2.75) is 38.8 Å². The molecule has 2 aromatic carbocycles. The molecule has 0 heterocycles. The number of nitrogens with one attached hydrogen (secondary N) is 2. The molecular formula is C24H29Cl3N2O5S. The van der Waals surface area contributed by atoms with Gasteiger partial charge >= 0.3 is 5.97 Å². The van der Waals surface area contributed by atoms with Crippen LogP contribution in [0.5, 0.6) is 17.2 Å². The lowest BCUT2D eigenvalue weighted by Gasteiger charge is -2.23. The Kier molecular flexibility index (Phi) is 12.0. The van der Waals surface area contributed by atoms with E-state index in [1.165, 1.54) is 12.1 Å². The molecule has 7 nitrogen and oxygen atoms in total. The number of hydrogen-bond acceptors (Lipinski definition) is 6. The number of halogens is 3. The van der Waals surface area contributed by atoms with Crippen LogP contribution in [0.15, 0.2) is 36.4 Å². The number of thioether (sulfide) groups is 1. The van der Waals surface area contributed by atoms with E-state index in [1.807, 2.05) is 20.1 Å². The molecule has 0 bridgehead atoms. The Morgan fingerprint density at radius 2 is 1.69 bits per heavy atom. The molecule has 0 spiro atoms. The molecule has 2 atom stereocenters. The molecule has 2 aromatic rings. The minimum Gasteiger partial charge on any atom is -0.452 e. The summed E-state index contributed by atoms with van der Waals surface area (Å²) in [6.07, 6.45) is 3.11. The van der Waals surface area contributed by atoms with Gasteiger partial charge in [0.05, 0.1) is 5.02 Å². The maximum Gasteiger partial charge on any atom is 0.334 e. The highest BCUT2D eigenvalue weighted by Crippen LogP contribution is 2.37. The van der Waals surface area contributed by atoms with Gasteiger partial charge in [-0.05, 0) is 61.1 Å². The van der Waals surface area contributed by atoms with Crippen LogP contribution in [-0.4, -0.2) is 42.4 Å². The van der Waals surface area contributed by atoms with Crippen LogP contribution in [0.3, 0.4) is 0 Å². The third kappa shape index (κ3) is 9.44. The fraction of sp³-hybridized carbons (Fsp3) is 0.375. The first-order chi connectivity index (χ1) is 16.6. The van der Waals surface area contributed by atoms with Gasteiger partial charge in [-0.1, -0.05) is 48.7 Å². The summed E-state index contributed by atoms with van der Waals surface area (Å²) in [6, 6.07) is 7.54. The first-order valence-electron chi connectivity index (χ1n) is 10.8. The van der Waals surface area contributed by atoms with Gasteiger partial charge in [-0.3, -0.25) is 9.59 Å². The zero-order valence-electron chi connectivity index (χ0n) is 19.5. The third-order valence-electron chi connectivity index (χ3n) is 4.73. The standard InChI is InChI=1S/C24H27Cl3N2O5S.H2/c1-14(2)10-19(29-23(31)18(28-13-30)8-9-35-3)24(32)34-22-12-16(26)5-7-21(22)33-20-6-4-15(25)11-17(20)27;/h4-7,11-14,18-19H,8-10H2,1-3H3,(H,28,30)(H,29,31);1H. The average Bonchev–Trinajstić information content (AvgIpc) is 2.79. The summed E-state index contributed by atoms with van der Waals surface area (Å²) in [4.78, 5) is 36.9. The van der Waals surface area contributed by atoms with Crippen LogP contribution in [0.25, 0.3) is 0 Å². The summed E-state index contributed by atoms with van der Waals surface area (Å²) in [5, 5.41) is 6.24. The van der Waals surface area contributed by atoms with Gasteiger partial charge in [0, 0.05) is 17.5 Å². The molecule has 35 heavy (non-hydrogen) atoms. The predicted octanol–water partition coefficient (Wildman–Crippen LogP) is 5.99. The molecule has 2 amide bonds. The molecule has 2 unspecified atom stereocenters. The molecule has 0 fully saturated rings. The Bertz CT molecular complexity index is 1040. The lowest BCUT2D eigenvalue weighted by molar-refractivity contribution is -0.140. The molecule has 0 aliphatic carbocycles. The monoisotopic (exact) mass is 562 g/mol. The number of benzene rings is 2. The van der Waals surface area contributed by atoms with E-state index in [-0.39, 0.29) is 23.9 Å². The SMILES string of the molecule is CSCCC(NC=O)C(=O)NC(CC(C)C)C(=O)Oc1cc(Cl)ccc1Oc1ccc(Cl)cc1Cl.[HH]. The van der Waals surface area contributed by atoms with Gasteiger partial charge in [-0.15, -0.1) is 0 Å². The molecule has 2 N–H and O–H groups in total. The van der Waals surface area contributed by atoms with Crippen molar-refractivity contribution >= 4 is 64.9 Å². The Morgan fingerprint density at radius 1 is 1.03 bits per heavy atom. The number of carbonyl (C=O) groups excluding carboxylic acids is 3. The first kappa shape index (κ1) is 29.1. The summed E-state index contributed by atoms with van der Waals surface area (Å²) in [5.41, 5.74) is 0. The fourth-order valence-electron chi connectivity index (χ4n) is 3.07. The molecule has 0 saturated carbocycles. The Balaban J connectivity index is 0.00000648. The molecule has 0 radical (unpaired) electrons. The zero-order valence-corrected chi connectivity index (χ0v) is 22.6. The fourth-order valence-corrected chi connectivity index (χ4v) is 4.15. The minimum atomic E-state index is -0.960. The normalized spacial score (nSPS) is 12.5. The summed E-state index contributed by atoms with van der Waals surface area (Å²) >= 11 is 19.8. The van der Waals surface area contributed by atoms with Crippen LogP contribution < -0.4 is 20.1 Å². The lowest BCUT2D eigenvalue weighted by Crippen LogP contribution is -2.51. The Hall–Kier alpha value is -2.13. The highest BCUT2D eigenvalue weighted by molar-refractivity contribution is 7.98. The van der Waals surface area contributed by atoms with Crippen LogP contribution in [0.1, 0.15) is 28.1 Å². The van der Waals surface area contributed by atoms with Gasteiger partial charge in [-0.2, -0.15) is 11.8 Å². The second-order valence-electron chi connectivity index (χ2n) is 8.00. The van der Waals surface area contributed by atoms with E-state index in [1.54, 1.807) is 36.0 Å². The van der Waals surface area contributed by atoms with Crippen molar-refractivity contribution in [1.29, 1.82) is 0 Å². The van der Waals surface area contributed by atoms with Gasteiger partial charge in [-0.25, -0.2) is 4.79 Å². The van der Waals surface area contributed by atoms with Crippen molar-refractivity contribution in [3.63, 3.8) is 0 Å². The number of rotatable bonds is 13. The second-order valence-corrected chi connectivity index (χ2v) is 10.3. The molecule has 0 saturated heterocycles. The van der Waals surface area contributed by atoms with E-state index in [2.05, 4.69) is 10.6 Å². The summed E-state index contributed by atoms with van der Waals surface area (Å²) in [6.45, 7) is 3.83. The van der Waals surface area contributed by atoms with E-state index >= 15 is 0 Å². The summed E-state index contributed by atoms with van der Waals surface area (Å²) in [7, 11) is 0. The highest BCUT2D eigenvalue weighted by atomic mass is 35.5. The molecule has 0 aromatic heterocycles. The first-order valence-corrected chi connectivity index (χ1v) is 13.3. The van der Waals surface area contributed by atoms with Gasteiger partial charge < -0.3 is 20.1 Å². The number of amides is 2. The van der Waals surface area contributed by atoms with Crippen molar-refractivity contribution in [3.8, 4) is 17.2 Å². The number of hydrogen-bond donors (Lipinski definition) is 2. The van der Waals surface area contributed by atoms with E-state index in [4.69, 9.17) is 44.3 Å². The maximum absolute atomic E-state index is 13.1. The largest absolute Gasteiger partial charge is 0.452 e. The van der Waals surface area contributed by atoms with E-state index < -0.39 is 24.0 Å². The van der Waals surface area contributed by atoms with E-state index in [0.717, 1.165) is 0 Å². The van der Waals surface area contributed by atoms with Crippen LogP contribution in [0.2, 0.25) is 15.1 Å². The minimum absolute atomic E-state index is 0. The number of carbonyl (C=O) groups is 3. The van der Waals surface area contributed by atoms with E-state index in [9.17, 15) is 14.4 Å². The van der Waals surface area contributed by atoms with E-state index in [0.29, 0.717) is 40.8 Å². The van der Waals surface area contributed by atoms with Gasteiger partial charge in [0.1, 0.15) is 17.8 Å². The molecule has 0 aliphatic heterocycles. The van der Waals surface area contributed by atoms with Gasteiger partial charge in [0.15, 0.2) is 11.5 Å². The quantitative estimate of drug-likeness (QED) is 0.177. The van der Waals surface area contributed by atoms with Crippen molar-refractivity contribution in [2.75, 3.05) is 12.0 Å². The second kappa shape index (κ2) is 14.4. The van der Waals surface area contributed by atoms with Crippen LogP contribution in [0, 0.1) is 5.92 Å². The zero-order chi connectivity index (χ0) is 26.0. The Labute approximate surface area is 225 Å². The number of esters is 1. The highest BCUT2D eigenvalue weighted by Gasteiger charge is 2.28. The van der Waals surface area contributed by atoms with Gasteiger partial charge in [0.2, 0.25) is 12.3 Å². The Morgan fingerprint density at radius 3 is 2.29 bits per heavy atom. The lowest BCUT2D eigenvalue weighted by atomic mass is 10.0. The molecular weight excluding hydrogens is 535 g/mol. The molecule has 192 valence electrons. The smallest absolute Gasteiger partial charge is 0.334 e. The third-order valence-corrected chi connectivity index (χ3v) is 6.14. The van der Waals surface area contributed by atoms with Crippen molar-refractivity contribution in [2.24, 2.45) is 5.92 Å². The summed E-state index contributed by atoms with van der Waals surface area (Å²) < 4.78 is 11.5. The van der Waals surface area contributed by atoms with Crippen LogP contribution >= 0.6 is 46.6 Å². The predicted molar refractivity (Wildman–Crippen MR) is 143 cm³/mol. The van der Waals surface area contributed by atoms with Crippen molar-refractivity contribution < 1.29 is 25.3 Å². The molecule has 2 rings (SSSR count). The topological polar surface area (TPSA) is 93.7 Å². The molecule has 11 heteroatoms. The molecule has 0 aliphatic rings. The van der Waals surface area contributed by atoms with Gasteiger partial charge in [0.25, 0.3) is 0 Å². The average molecular weight is 564 g/mol. The summed E-state index contributed by atoms with van der Waals surface area (Å²) in [5.74, 6) is 0.122. The van der Waals surface area contributed by atoms with Crippen molar-refractivity contribution in [1.82, 2.24) is 10.6 Å². The maximum atomic E-state index is 13.1. The van der Waals surface area contributed by atoms with Crippen LogP contribution in [0.4, 0.5) is 0 Å².